The normalized spacial score (nSPS) is 15.0. The van der Waals surface area contributed by atoms with Gasteiger partial charge in [0, 0.05) is 25.4 Å². The molecule has 1 aliphatic rings. The van der Waals surface area contributed by atoms with E-state index in [0.29, 0.717) is 6.54 Å². The molecule has 1 aliphatic heterocycles. The van der Waals surface area contributed by atoms with Gasteiger partial charge in [0.15, 0.2) is 0 Å². The van der Waals surface area contributed by atoms with E-state index in [0.717, 1.165) is 24.7 Å². The number of nitrogens with one attached hydrogen (secondary N) is 1. The Bertz CT molecular complexity index is 593. The van der Waals surface area contributed by atoms with Crippen molar-refractivity contribution in [2.24, 2.45) is 0 Å². The van der Waals surface area contributed by atoms with Gasteiger partial charge in [-0.3, -0.25) is 4.79 Å². The number of hydrogen-bond acceptors (Lipinski definition) is 6. The van der Waals surface area contributed by atoms with E-state index in [1.54, 1.807) is 12.3 Å². The van der Waals surface area contributed by atoms with Crippen molar-refractivity contribution >= 4 is 11.9 Å². The fourth-order valence-corrected chi connectivity index (χ4v) is 2.32. The first-order chi connectivity index (χ1) is 10.3. The molecule has 0 bridgehead atoms. The highest BCUT2D eigenvalue weighted by Crippen LogP contribution is 2.15. The fourth-order valence-electron chi connectivity index (χ4n) is 2.32. The Morgan fingerprint density at radius 1 is 1.24 bits per heavy atom. The molecule has 0 spiro atoms. The molecule has 0 aliphatic carbocycles. The summed E-state index contributed by atoms with van der Waals surface area (Å²) in [5.41, 5.74) is 0.776. The van der Waals surface area contributed by atoms with Gasteiger partial charge in [-0.25, -0.2) is 9.97 Å². The van der Waals surface area contributed by atoms with Gasteiger partial charge < -0.3 is 14.7 Å². The summed E-state index contributed by atoms with van der Waals surface area (Å²) in [6, 6.07) is 3.32. The number of piperidine rings is 1. The van der Waals surface area contributed by atoms with Gasteiger partial charge in [-0.1, -0.05) is 5.16 Å². The van der Waals surface area contributed by atoms with Crippen molar-refractivity contribution in [2.75, 3.05) is 18.0 Å². The fraction of sp³-hybridized carbons (Fsp3) is 0.429. The number of hydrogen-bond donors (Lipinski definition) is 1. The molecule has 0 atom stereocenters. The summed E-state index contributed by atoms with van der Waals surface area (Å²) in [6.07, 6.45) is 6.79. The van der Waals surface area contributed by atoms with E-state index >= 15 is 0 Å². The summed E-state index contributed by atoms with van der Waals surface area (Å²) in [5, 5.41) is 6.26. The lowest BCUT2D eigenvalue weighted by Crippen LogP contribution is -2.31. The zero-order valence-corrected chi connectivity index (χ0v) is 11.7. The molecule has 110 valence electrons. The molecule has 7 nitrogen and oxygen atoms in total. The second-order valence-electron chi connectivity index (χ2n) is 4.96. The quantitative estimate of drug-likeness (QED) is 0.914. The van der Waals surface area contributed by atoms with Crippen LogP contribution in [0.2, 0.25) is 0 Å². The highest BCUT2D eigenvalue weighted by molar-refractivity contribution is 5.91. The number of anilines is 1. The van der Waals surface area contributed by atoms with E-state index in [2.05, 4.69) is 25.3 Å². The zero-order valence-electron chi connectivity index (χ0n) is 11.7. The van der Waals surface area contributed by atoms with Crippen LogP contribution in [0.25, 0.3) is 0 Å². The van der Waals surface area contributed by atoms with E-state index in [9.17, 15) is 4.79 Å². The number of carbonyl (C=O) groups is 1. The van der Waals surface area contributed by atoms with E-state index in [1.165, 1.54) is 31.5 Å². The smallest absolute Gasteiger partial charge is 0.290 e. The minimum Gasteiger partial charge on any atom is -0.351 e. The lowest BCUT2D eigenvalue weighted by molar-refractivity contribution is 0.0913. The average Bonchev–Trinajstić information content (AvgIpc) is 3.08. The first-order valence-corrected chi connectivity index (χ1v) is 7.09. The number of aromatic nitrogens is 3. The van der Waals surface area contributed by atoms with Crippen molar-refractivity contribution in [3.8, 4) is 0 Å². The van der Waals surface area contributed by atoms with Crippen LogP contribution in [0.1, 0.15) is 35.5 Å². The maximum Gasteiger partial charge on any atom is 0.290 e. The second-order valence-corrected chi connectivity index (χ2v) is 4.96. The second kappa shape index (κ2) is 6.34. The molecule has 0 radical (unpaired) electrons. The average molecular weight is 287 g/mol. The van der Waals surface area contributed by atoms with Crippen molar-refractivity contribution in [3.05, 3.63) is 36.0 Å². The summed E-state index contributed by atoms with van der Waals surface area (Å²) >= 11 is 0. The van der Waals surface area contributed by atoms with Gasteiger partial charge >= 0.3 is 0 Å². The summed E-state index contributed by atoms with van der Waals surface area (Å²) < 4.78 is 4.80. The first-order valence-electron chi connectivity index (χ1n) is 7.09. The van der Waals surface area contributed by atoms with Gasteiger partial charge in [-0.15, -0.1) is 0 Å². The molecular weight excluding hydrogens is 270 g/mol. The van der Waals surface area contributed by atoms with Gasteiger partial charge in [0.1, 0.15) is 0 Å². The molecule has 0 unspecified atom stereocenters. The van der Waals surface area contributed by atoms with Crippen molar-refractivity contribution in [3.63, 3.8) is 0 Å². The number of nitrogens with zero attached hydrogens (tertiary/aromatic N) is 4. The van der Waals surface area contributed by atoms with Crippen molar-refractivity contribution < 1.29 is 9.32 Å². The lowest BCUT2D eigenvalue weighted by Gasteiger charge is -2.26. The predicted molar refractivity (Wildman–Crippen MR) is 75.8 cm³/mol. The molecule has 1 amide bonds. The van der Waals surface area contributed by atoms with Gasteiger partial charge in [0.25, 0.3) is 5.91 Å². The van der Waals surface area contributed by atoms with Crippen LogP contribution in [-0.2, 0) is 6.54 Å². The molecule has 0 saturated carbocycles. The molecule has 2 aromatic rings. The summed E-state index contributed by atoms with van der Waals surface area (Å²) in [6.45, 7) is 2.32. The van der Waals surface area contributed by atoms with Crippen LogP contribution in [-0.4, -0.2) is 34.1 Å². The van der Waals surface area contributed by atoms with Crippen molar-refractivity contribution in [1.82, 2.24) is 20.4 Å². The van der Waals surface area contributed by atoms with E-state index in [1.807, 2.05) is 0 Å². The minimum atomic E-state index is -0.300. The Morgan fingerprint density at radius 3 is 2.86 bits per heavy atom. The number of amides is 1. The first kappa shape index (κ1) is 13.5. The Balaban J connectivity index is 1.62. The van der Waals surface area contributed by atoms with E-state index in [-0.39, 0.29) is 11.7 Å². The molecule has 3 rings (SSSR count). The standard InChI is InChI=1S/C14H17N5O2/c20-13(12-5-7-17-21-12)16-10-11-4-6-15-14(18-11)19-8-2-1-3-9-19/h4-7H,1-3,8-10H2,(H,16,20). The van der Waals surface area contributed by atoms with Crippen LogP contribution >= 0.6 is 0 Å². The maximum atomic E-state index is 11.8. The number of carbonyl (C=O) groups excluding carboxylic acids is 1. The minimum absolute atomic E-state index is 0.195. The largest absolute Gasteiger partial charge is 0.351 e. The molecule has 3 heterocycles. The molecule has 21 heavy (non-hydrogen) atoms. The summed E-state index contributed by atoms with van der Waals surface area (Å²) in [7, 11) is 0. The summed E-state index contributed by atoms with van der Waals surface area (Å²) in [5.74, 6) is 0.632. The molecule has 1 saturated heterocycles. The Kier molecular flexibility index (Phi) is 4.09. The van der Waals surface area contributed by atoms with Crippen LogP contribution in [0.5, 0.6) is 0 Å². The van der Waals surface area contributed by atoms with Crippen LogP contribution in [0.3, 0.4) is 0 Å². The Morgan fingerprint density at radius 2 is 2.10 bits per heavy atom. The highest BCUT2D eigenvalue weighted by Gasteiger charge is 2.14. The molecular formula is C14H17N5O2. The van der Waals surface area contributed by atoms with Gasteiger partial charge in [-0.05, 0) is 25.3 Å². The van der Waals surface area contributed by atoms with Gasteiger partial charge in [-0.2, -0.15) is 0 Å². The molecule has 0 aromatic carbocycles. The Hall–Kier alpha value is -2.44. The third-order valence-corrected chi connectivity index (χ3v) is 3.43. The highest BCUT2D eigenvalue weighted by atomic mass is 16.5. The van der Waals surface area contributed by atoms with Crippen LogP contribution < -0.4 is 10.2 Å². The molecule has 7 heteroatoms. The zero-order chi connectivity index (χ0) is 14.5. The van der Waals surface area contributed by atoms with Crippen molar-refractivity contribution in [1.29, 1.82) is 0 Å². The maximum absolute atomic E-state index is 11.8. The third-order valence-electron chi connectivity index (χ3n) is 3.43. The van der Waals surface area contributed by atoms with Gasteiger partial charge in [0.2, 0.25) is 11.7 Å². The predicted octanol–water partition coefficient (Wildman–Crippen LogP) is 1.38. The van der Waals surface area contributed by atoms with Crippen LogP contribution in [0.4, 0.5) is 5.95 Å². The SMILES string of the molecule is O=C(NCc1ccnc(N2CCCCC2)n1)c1ccno1. The monoisotopic (exact) mass is 287 g/mol. The van der Waals surface area contributed by atoms with Crippen molar-refractivity contribution in [2.45, 2.75) is 25.8 Å². The Labute approximate surface area is 122 Å². The van der Waals surface area contributed by atoms with Gasteiger partial charge in [0.05, 0.1) is 18.4 Å². The van der Waals surface area contributed by atoms with Crippen LogP contribution in [0.15, 0.2) is 29.0 Å². The summed E-state index contributed by atoms with van der Waals surface area (Å²) in [4.78, 5) is 22.8. The van der Waals surface area contributed by atoms with E-state index in [4.69, 9.17) is 4.52 Å². The number of rotatable bonds is 4. The lowest BCUT2D eigenvalue weighted by atomic mass is 10.1. The van der Waals surface area contributed by atoms with Crippen LogP contribution in [0, 0.1) is 0 Å². The van der Waals surface area contributed by atoms with E-state index < -0.39 is 0 Å². The molecule has 1 N–H and O–H groups in total. The molecule has 1 fully saturated rings. The molecule has 2 aromatic heterocycles. The topological polar surface area (TPSA) is 84.2 Å². The third kappa shape index (κ3) is 3.36.